The van der Waals surface area contributed by atoms with E-state index in [4.69, 9.17) is 0 Å². The van der Waals surface area contributed by atoms with E-state index in [9.17, 15) is 18.1 Å². The summed E-state index contributed by atoms with van der Waals surface area (Å²) < 4.78 is 32.4. The monoisotopic (exact) mass is 319 g/mol. The van der Waals surface area contributed by atoms with Gasteiger partial charge in [-0.15, -0.1) is 0 Å². The number of benzene rings is 2. The number of phenolic OH excluding ortho intramolecular Hbond substituents is 1. The van der Waals surface area contributed by atoms with Crippen molar-refractivity contribution in [1.82, 2.24) is 0 Å². The smallest absolute Gasteiger partial charge is 0.129 e. The molecule has 2 rings (SSSR count). The Morgan fingerprint density at radius 1 is 1.09 bits per heavy atom. The second-order valence-electron chi connectivity index (χ2n) is 4.88. The Balaban J connectivity index is 2.21. The molecule has 0 atom stereocenters. The molecule has 0 aromatic heterocycles. The lowest BCUT2D eigenvalue weighted by Crippen LogP contribution is -2.72. The molecular weight excluding hydrogens is 302 g/mol. The van der Waals surface area contributed by atoms with E-state index in [1.165, 1.54) is 12.1 Å². The molecule has 5 nitrogen and oxygen atoms in total. The van der Waals surface area contributed by atoms with E-state index in [-0.39, 0.29) is 11.3 Å². The molecule has 0 unspecified atom stereocenters. The molecule has 0 bridgehead atoms. The standard InChI is InChI=1S/C16H17NO4S/c1-17-15-7-4-12(5-8-15)2-3-13-6-9-16(18)14(10-13)11-22(19,20)21/h2-10,17-18H,11H2,1H3,(H,19,20,21)/b3-2-. The number of hydrogen-bond donors (Lipinski definition) is 2. The summed E-state index contributed by atoms with van der Waals surface area (Å²) in [6, 6.07) is 12.5. The zero-order valence-electron chi connectivity index (χ0n) is 12.1. The molecule has 6 heteroatoms. The molecule has 0 aliphatic rings. The second kappa shape index (κ2) is 6.74. The first kappa shape index (κ1) is 16.2. The molecule has 0 saturated carbocycles. The zero-order chi connectivity index (χ0) is 16.2. The molecule has 0 aliphatic heterocycles. The van der Waals surface area contributed by atoms with Gasteiger partial charge in [-0.2, -0.15) is 0 Å². The first-order valence-corrected chi connectivity index (χ1v) is 8.28. The lowest BCUT2D eigenvalue weighted by Gasteiger charge is -2.09. The van der Waals surface area contributed by atoms with E-state index in [0.29, 0.717) is 5.56 Å². The molecule has 22 heavy (non-hydrogen) atoms. The molecule has 0 aliphatic carbocycles. The molecule has 0 saturated heterocycles. The molecule has 3 N–H and O–H groups in total. The Morgan fingerprint density at radius 2 is 1.68 bits per heavy atom. The van der Waals surface area contributed by atoms with Crippen LogP contribution in [0.2, 0.25) is 0 Å². The molecule has 0 amide bonds. The fraction of sp³-hybridized carbons (Fsp3) is 0.125. The molecule has 0 fully saturated rings. The van der Waals surface area contributed by atoms with E-state index in [1.807, 2.05) is 42.7 Å². The highest BCUT2D eigenvalue weighted by Gasteiger charge is 2.05. The molecule has 0 radical (unpaired) electrons. The van der Waals surface area contributed by atoms with Crippen molar-refractivity contribution in [3.05, 3.63) is 59.2 Å². The predicted molar refractivity (Wildman–Crippen MR) is 84.4 cm³/mol. The van der Waals surface area contributed by atoms with Gasteiger partial charge in [0.1, 0.15) is 11.4 Å². The third-order valence-electron chi connectivity index (χ3n) is 3.17. The first-order chi connectivity index (χ1) is 10.4. The third kappa shape index (κ3) is 4.70. The fourth-order valence-corrected chi connectivity index (χ4v) is 2.62. The summed E-state index contributed by atoms with van der Waals surface area (Å²) >= 11 is 0. The van der Waals surface area contributed by atoms with Crippen LogP contribution in [0.15, 0.2) is 42.5 Å². The fourth-order valence-electron chi connectivity index (χ4n) is 2.01. The summed E-state index contributed by atoms with van der Waals surface area (Å²) in [6.07, 6.45) is 3.67. The highest BCUT2D eigenvalue weighted by Crippen LogP contribution is 2.22. The van der Waals surface area contributed by atoms with Gasteiger partial charge in [0.2, 0.25) is 0 Å². The highest BCUT2D eigenvalue weighted by molar-refractivity contribution is 7.84. The van der Waals surface area contributed by atoms with Gasteiger partial charge in [0, 0.05) is 5.56 Å². The zero-order valence-corrected chi connectivity index (χ0v) is 12.9. The highest BCUT2D eigenvalue weighted by atomic mass is 32.2. The molecule has 116 valence electrons. The summed E-state index contributed by atoms with van der Waals surface area (Å²) in [7, 11) is -2.46. The molecule has 2 aromatic carbocycles. The lowest BCUT2D eigenvalue weighted by atomic mass is 10.1. The normalized spacial score (nSPS) is 11.9. The Labute approximate surface area is 129 Å². The van der Waals surface area contributed by atoms with Crippen molar-refractivity contribution in [2.45, 2.75) is 5.75 Å². The van der Waals surface area contributed by atoms with Crippen molar-refractivity contribution in [3.63, 3.8) is 0 Å². The van der Waals surface area contributed by atoms with Crippen molar-refractivity contribution >= 4 is 28.0 Å². The number of rotatable bonds is 5. The minimum atomic E-state index is -4.43. The van der Waals surface area contributed by atoms with E-state index >= 15 is 0 Å². The Hall–Kier alpha value is -2.15. The SMILES string of the molecule is C[NH2+]c1ccc(/C=C\c2ccc(O)c(CS(=O)(=O)[O-])c2)cc1. The van der Waals surface area contributed by atoms with Crippen molar-refractivity contribution in [1.29, 1.82) is 0 Å². The van der Waals surface area contributed by atoms with Crippen molar-refractivity contribution in [2.75, 3.05) is 7.05 Å². The van der Waals surface area contributed by atoms with Gasteiger partial charge in [-0.1, -0.05) is 18.2 Å². The summed E-state index contributed by atoms with van der Waals surface area (Å²) in [5.74, 6) is -0.916. The number of quaternary nitrogens is 1. The van der Waals surface area contributed by atoms with Crippen molar-refractivity contribution in [3.8, 4) is 5.75 Å². The first-order valence-electron chi connectivity index (χ1n) is 6.70. The Bertz CT molecular complexity index is 780. The van der Waals surface area contributed by atoms with Crippen LogP contribution in [0.4, 0.5) is 5.69 Å². The maximum Gasteiger partial charge on any atom is 0.129 e. The summed E-state index contributed by atoms with van der Waals surface area (Å²) in [4.78, 5) is 0. The van der Waals surface area contributed by atoms with Crippen LogP contribution in [0.1, 0.15) is 16.7 Å². The largest absolute Gasteiger partial charge is 0.748 e. The van der Waals surface area contributed by atoms with Crippen LogP contribution in [-0.4, -0.2) is 25.1 Å². The number of aromatic hydroxyl groups is 1. The van der Waals surface area contributed by atoms with Crippen LogP contribution in [-0.2, 0) is 15.9 Å². The molecule has 2 aromatic rings. The minimum Gasteiger partial charge on any atom is -0.748 e. The molecule has 0 heterocycles. The van der Waals surface area contributed by atoms with Gasteiger partial charge >= 0.3 is 0 Å². The van der Waals surface area contributed by atoms with Crippen LogP contribution >= 0.6 is 0 Å². The second-order valence-corrected chi connectivity index (χ2v) is 6.28. The van der Waals surface area contributed by atoms with Gasteiger partial charge in [0.05, 0.1) is 22.9 Å². The summed E-state index contributed by atoms with van der Waals surface area (Å²) in [5.41, 5.74) is 2.94. The van der Waals surface area contributed by atoms with Gasteiger partial charge in [0.25, 0.3) is 0 Å². The number of nitrogens with two attached hydrogens (primary N) is 1. The maximum absolute atomic E-state index is 10.8. The predicted octanol–water partition coefficient (Wildman–Crippen LogP) is 1.43. The Morgan fingerprint density at radius 3 is 2.27 bits per heavy atom. The average molecular weight is 319 g/mol. The van der Waals surface area contributed by atoms with Gasteiger partial charge in [-0.05, 0) is 47.5 Å². The van der Waals surface area contributed by atoms with Crippen molar-refractivity contribution < 1.29 is 23.4 Å². The number of phenols is 1. The van der Waals surface area contributed by atoms with Gasteiger partial charge < -0.3 is 15.0 Å². The quantitative estimate of drug-likeness (QED) is 0.495. The van der Waals surface area contributed by atoms with Gasteiger partial charge in [-0.3, -0.25) is 0 Å². The molecular formula is C16H17NO4S. The Kier molecular flexibility index (Phi) is 4.97. The topological polar surface area (TPSA) is 94.0 Å². The van der Waals surface area contributed by atoms with Crippen LogP contribution in [0.3, 0.4) is 0 Å². The molecule has 0 spiro atoms. The van der Waals surface area contributed by atoms with E-state index in [2.05, 4.69) is 0 Å². The van der Waals surface area contributed by atoms with Crippen LogP contribution in [0.5, 0.6) is 5.75 Å². The van der Waals surface area contributed by atoms with E-state index in [1.54, 1.807) is 12.1 Å². The minimum absolute atomic E-state index is 0.105. The maximum atomic E-state index is 10.8. The van der Waals surface area contributed by atoms with E-state index < -0.39 is 15.9 Å². The summed E-state index contributed by atoms with van der Waals surface area (Å²) in [6.45, 7) is 0. The number of hydrogen-bond acceptors (Lipinski definition) is 4. The van der Waals surface area contributed by atoms with Crippen LogP contribution in [0, 0.1) is 0 Å². The van der Waals surface area contributed by atoms with Gasteiger partial charge in [-0.25, -0.2) is 8.42 Å². The van der Waals surface area contributed by atoms with E-state index in [0.717, 1.165) is 11.3 Å². The summed E-state index contributed by atoms with van der Waals surface area (Å²) in [5, 5.41) is 11.6. The van der Waals surface area contributed by atoms with Gasteiger partial charge in [0.15, 0.2) is 0 Å². The lowest BCUT2D eigenvalue weighted by molar-refractivity contribution is -0.539. The van der Waals surface area contributed by atoms with Crippen LogP contribution in [0.25, 0.3) is 12.2 Å². The van der Waals surface area contributed by atoms with Crippen LogP contribution < -0.4 is 5.32 Å². The van der Waals surface area contributed by atoms with Crippen molar-refractivity contribution in [2.24, 2.45) is 0 Å². The third-order valence-corrected chi connectivity index (χ3v) is 3.84. The average Bonchev–Trinajstić information content (AvgIpc) is 2.47.